The molecule has 0 aromatic carbocycles. The zero-order valence-electron chi connectivity index (χ0n) is 14.8. The van der Waals surface area contributed by atoms with Gasteiger partial charge in [0.1, 0.15) is 5.76 Å². The average Bonchev–Trinajstić information content (AvgIpc) is 3.17. The largest absolute Gasteiger partial charge is 0.361 e. The summed E-state index contributed by atoms with van der Waals surface area (Å²) in [6, 6.07) is 4.28. The van der Waals surface area contributed by atoms with Crippen LogP contribution in [0.2, 0.25) is 0 Å². The van der Waals surface area contributed by atoms with Gasteiger partial charge in [-0.15, -0.1) is 35.3 Å². The molecule has 5 nitrogen and oxygen atoms in total. The van der Waals surface area contributed by atoms with Crippen molar-refractivity contribution in [1.82, 2.24) is 15.4 Å². The van der Waals surface area contributed by atoms with Crippen LogP contribution in [0.4, 0.5) is 0 Å². The van der Waals surface area contributed by atoms with E-state index in [9.17, 15) is 0 Å². The van der Waals surface area contributed by atoms with Gasteiger partial charge < -0.3 is 14.7 Å². The normalized spacial score (nSPS) is 11.2. The van der Waals surface area contributed by atoms with Crippen LogP contribution in [0, 0.1) is 13.8 Å². The predicted octanol–water partition coefficient (Wildman–Crippen LogP) is 3.65. The lowest BCUT2D eigenvalue weighted by Crippen LogP contribution is -2.40. The van der Waals surface area contributed by atoms with Crippen LogP contribution >= 0.6 is 35.3 Å². The van der Waals surface area contributed by atoms with Gasteiger partial charge in [0.25, 0.3) is 0 Å². The Morgan fingerprint density at radius 3 is 2.75 bits per heavy atom. The molecule has 2 aromatic rings. The first-order valence-electron chi connectivity index (χ1n) is 7.97. The highest BCUT2D eigenvalue weighted by Crippen LogP contribution is 2.14. The van der Waals surface area contributed by atoms with Gasteiger partial charge in [-0.3, -0.25) is 4.99 Å². The van der Waals surface area contributed by atoms with Gasteiger partial charge in [0.2, 0.25) is 0 Å². The molecular weight excluding hydrogens is 435 g/mol. The van der Waals surface area contributed by atoms with Gasteiger partial charge in [0, 0.05) is 37.6 Å². The average molecular weight is 462 g/mol. The van der Waals surface area contributed by atoms with Crippen LogP contribution in [0.5, 0.6) is 0 Å². The summed E-state index contributed by atoms with van der Waals surface area (Å²) in [6.45, 7) is 5.82. The molecule has 0 amide bonds. The number of nitrogens with one attached hydrogen (secondary N) is 1. The topological polar surface area (TPSA) is 53.7 Å². The van der Waals surface area contributed by atoms with Crippen molar-refractivity contribution in [3.05, 3.63) is 39.4 Å². The van der Waals surface area contributed by atoms with E-state index in [1.165, 1.54) is 10.4 Å². The molecular formula is C17H27IN4OS. The first-order chi connectivity index (χ1) is 11.1. The van der Waals surface area contributed by atoms with Gasteiger partial charge in [-0.05, 0) is 44.6 Å². The summed E-state index contributed by atoms with van der Waals surface area (Å²) in [5, 5.41) is 9.55. The van der Waals surface area contributed by atoms with Gasteiger partial charge in [0.15, 0.2) is 5.96 Å². The molecule has 24 heavy (non-hydrogen) atoms. The second-order valence-corrected chi connectivity index (χ2v) is 6.66. The number of rotatable bonds is 7. The van der Waals surface area contributed by atoms with Crippen LogP contribution in [-0.4, -0.2) is 43.2 Å². The number of guanidine groups is 1. The lowest BCUT2D eigenvalue weighted by molar-refractivity contribution is 0.392. The van der Waals surface area contributed by atoms with E-state index in [4.69, 9.17) is 4.52 Å². The smallest absolute Gasteiger partial charge is 0.193 e. The number of hydrogen-bond acceptors (Lipinski definition) is 4. The third kappa shape index (κ3) is 6.08. The summed E-state index contributed by atoms with van der Waals surface area (Å²) in [6.07, 6.45) is 3.05. The van der Waals surface area contributed by atoms with Crippen LogP contribution in [-0.2, 0) is 12.8 Å². The fraction of sp³-hybridized carbons (Fsp3) is 0.529. The van der Waals surface area contributed by atoms with E-state index in [0.717, 1.165) is 49.8 Å². The maximum atomic E-state index is 5.20. The third-order valence-corrected chi connectivity index (χ3v) is 4.85. The van der Waals surface area contributed by atoms with Crippen molar-refractivity contribution in [2.45, 2.75) is 33.1 Å². The Kier molecular flexibility index (Phi) is 9.35. The Labute approximate surface area is 165 Å². The van der Waals surface area contributed by atoms with Crippen molar-refractivity contribution in [1.29, 1.82) is 0 Å². The minimum Gasteiger partial charge on any atom is -0.361 e. The number of hydrogen-bond donors (Lipinski definition) is 1. The Morgan fingerprint density at radius 1 is 1.38 bits per heavy atom. The van der Waals surface area contributed by atoms with E-state index in [-0.39, 0.29) is 24.0 Å². The predicted molar refractivity (Wildman–Crippen MR) is 112 cm³/mol. The Hall–Kier alpha value is -1.09. The number of halogens is 1. The first kappa shape index (κ1) is 21.0. The number of aryl methyl sites for hydroxylation is 2. The maximum absolute atomic E-state index is 5.20. The van der Waals surface area contributed by atoms with E-state index in [1.54, 1.807) is 11.3 Å². The van der Waals surface area contributed by atoms with Crippen molar-refractivity contribution in [2.24, 2.45) is 4.99 Å². The fourth-order valence-corrected chi connectivity index (χ4v) is 3.25. The second-order valence-electron chi connectivity index (χ2n) is 5.63. The molecule has 0 fully saturated rings. The van der Waals surface area contributed by atoms with Crippen molar-refractivity contribution < 1.29 is 4.52 Å². The van der Waals surface area contributed by atoms with E-state index >= 15 is 0 Å². The molecule has 2 heterocycles. The molecule has 0 atom stereocenters. The molecule has 1 N–H and O–H groups in total. The van der Waals surface area contributed by atoms with Gasteiger partial charge in [0.05, 0.1) is 5.69 Å². The minimum absolute atomic E-state index is 0. The van der Waals surface area contributed by atoms with Gasteiger partial charge in [-0.25, -0.2) is 0 Å². The lowest BCUT2D eigenvalue weighted by atomic mass is 10.1. The summed E-state index contributed by atoms with van der Waals surface area (Å²) >= 11 is 1.81. The molecule has 0 unspecified atom stereocenters. The molecule has 7 heteroatoms. The Morgan fingerprint density at radius 2 is 2.17 bits per heavy atom. The van der Waals surface area contributed by atoms with Gasteiger partial charge >= 0.3 is 0 Å². The summed E-state index contributed by atoms with van der Waals surface area (Å²) in [4.78, 5) is 7.95. The molecule has 2 aromatic heterocycles. The van der Waals surface area contributed by atoms with E-state index in [1.807, 2.05) is 20.9 Å². The molecule has 0 radical (unpaired) electrons. The number of likely N-dealkylation sites (N-methyl/N-ethyl adjacent to an activating group) is 1. The third-order valence-electron chi connectivity index (χ3n) is 3.91. The van der Waals surface area contributed by atoms with Crippen molar-refractivity contribution in [2.75, 3.05) is 27.2 Å². The minimum atomic E-state index is 0. The van der Waals surface area contributed by atoms with Gasteiger partial charge in [-0.2, -0.15) is 0 Å². The van der Waals surface area contributed by atoms with Crippen LogP contribution in [0.1, 0.15) is 28.3 Å². The fourth-order valence-electron chi connectivity index (χ4n) is 2.55. The van der Waals surface area contributed by atoms with E-state index in [2.05, 4.69) is 44.9 Å². The summed E-state index contributed by atoms with van der Waals surface area (Å²) in [5.41, 5.74) is 2.23. The molecule has 0 aliphatic rings. The highest BCUT2D eigenvalue weighted by molar-refractivity contribution is 14.0. The van der Waals surface area contributed by atoms with Crippen LogP contribution in [0.25, 0.3) is 0 Å². The molecule has 0 aliphatic carbocycles. The van der Waals surface area contributed by atoms with Gasteiger partial charge in [-0.1, -0.05) is 11.2 Å². The molecule has 0 bridgehead atoms. The molecule has 0 saturated carbocycles. The first-order valence-corrected chi connectivity index (χ1v) is 8.85. The zero-order chi connectivity index (χ0) is 16.7. The molecule has 134 valence electrons. The highest BCUT2D eigenvalue weighted by Gasteiger charge is 2.09. The van der Waals surface area contributed by atoms with Crippen LogP contribution in [0.15, 0.2) is 27.0 Å². The quantitative estimate of drug-likeness (QED) is 0.296. The van der Waals surface area contributed by atoms with Crippen molar-refractivity contribution in [3.8, 4) is 0 Å². The molecule has 0 saturated heterocycles. The second kappa shape index (κ2) is 10.7. The van der Waals surface area contributed by atoms with E-state index in [0.29, 0.717) is 0 Å². The standard InChI is InChI=1S/C17H26N4OS.HI/c1-13-16(14(2)22-20-13)8-5-10-19-17(18-3)21(4)11-9-15-7-6-12-23-15;/h6-7,12H,5,8-11H2,1-4H3,(H,18,19);1H. The van der Waals surface area contributed by atoms with Crippen molar-refractivity contribution >= 4 is 41.3 Å². The zero-order valence-corrected chi connectivity index (χ0v) is 18.0. The molecule has 2 rings (SSSR count). The SMILES string of the molecule is CN=C(NCCCc1c(C)noc1C)N(C)CCc1cccs1.I. The van der Waals surface area contributed by atoms with E-state index < -0.39 is 0 Å². The maximum Gasteiger partial charge on any atom is 0.193 e. The van der Waals surface area contributed by atoms with Crippen LogP contribution < -0.4 is 5.32 Å². The number of aromatic nitrogens is 1. The number of nitrogens with zero attached hydrogens (tertiary/aromatic N) is 3. The molecule has 0 aliphatic heterocycles. The monoisotopic (exact) mass is 462 g/mol. The summed E-state index contributed by atoms with van der Waals surface area (Å²) in [7, 11) is 3.91. The number of aliphatic imine (C=N–C) groups is 1. The lowest BCUT2D eigenvalue weighted by Gasteiger charge is -2.21. The van der Waals surface area contributed by atoms with Crippen LogP contribution in [0.3, 0.4) is 0 Å². The highest BCUT2D eigenvalue weighted by atomic mass is 127. The number of thiophene rings is 1. The summed E-state index contributed by atoms with van der Waals surface area (Å²) < 4.78 is 5.20. The Bertz CT molecular complexity index is 605. The van der Waals surface area contributed by atoms with Crippen molar-refractivity contribution in [3.63, 3.8) is 0 Å². The summed E-state index contributed by atoms with van der Waals surface area (Å²) in [5.74, 6) is 1.88. The molecule has 0 spiro atoms. The Balaban J connectivity index is 0.00000288.